The Morgan fingerprint density at radius 1 is 1.30 bits per heavy atom. The monoisotopic (exact) mass is 432 g/mol. The molecule has 0 aliphatic carbocycles. The van der Waals surface area contributed by atoms with E-state index in [9.17, 15) is 19.3 Å². The molecule has 1 atom stereocenters. The van der Waals surface area contributed by atoms with Crippen LogP contribution in [0.4, 0.5) is 15.8 Å². The molecule has 0 fully saturated rings. The van der Waals surface area contributed by atoms with E-state index in [1.54, 1.807) is 38.3 Å². The lowest BCUT2D eigenvalue weighted by molar-refractivity contribution is -0.387. The van der Waals surface area contributed by atoms with Crippen LogP contribution in [-0.4, -0.2) is 38.1 Å². The van der Waals surface area contributed by atoms with Crippen LogP contribution in [0.15, 0.2) is 47.6 Å². The number of aromatic nitrogens is 3. The Morgan fingerprint density at radius 3 is 2.63 bits per heavy atom. The molecule has 0 bridgehead atoms. The molecule has 2 aromatic carbocycles. The molecule has 1 amide bonds. The van der Waals surface area contributed by atoms with Gasteiger partial charge in [-0.3, -0.25) is 14.9 Å². The quantitative estimate of drug-likeness (QED) is 0.252. The Morgan fingerprint density at radius 2 is 2.00 bits per heavy atom. The van der Waals surface area contributed by atoms with Crippen molar-refractivity contribution in [2.24, 2.45) is 0 Å². The molecule has 30 heavy (non-hydrogen) atoms. The molecule has 1 aromatic heterocycles. The average molecular weight is 432 g/mol. The average Bonchev–Trinajstić information content (AvgIpc) is 3.09. The van der Waals surface area contributed by atoms with Gasteiger partial charge < -0.3 is 15.9 Å². The van der Waals surface area contributed by atoms with Crippen molar-refractivity contribution in [1.82, 2.24) is 14.9 Å². The van der Waals surface area contributed by atoms with Gasteiger partial charge in [0.25, 0.3) is 0 Å². The van der Waals surface area contributed by atoms with Gasteiger partial charge in [0.05, 0.1) is 17.3 Å². The van der Waals surface area contributed by atoms with E-state index in [0.29, 0.717) is 22.3 Å². The van der Waals surface area contributed by atoms with Gasteiger partial charge in [0, 0.05) is 17.3 Å². The highest BCUT2D eigenvalue weighted by molar-refractivity contribution is 8.00. The molecule has 156 valence electrons. The first-order valence-electron chi connectivity index (χ1n) is 8.56. The molecule has 0 aliphatic rings. The van der Waals surface area contributed by atoms with Crippen molar-refractivity contribution >= 4 is 29.0 Å². The maximum Gasteiger partial charge on any atom is 0.306 e. The second-order valence-corrected chi connectivity index (χ2v) is 7.39. The Kier molecular flexibility index (Phi) is 6.16. The van der Waals surface area contributed by atoms with Crippen molar-refractivity contribution in [2.45, 2.75) is 17.3 Å². The van der Waals surface area contributed by atoms with Crippen molar-refractivity contribution in [2.75, 3.05) is 18.3 Å². The minimum absolute atomic E-state index is 0.105. The van der Waals surface area contributed by atoms with Crippen molar-refractivity contribution < 1.29 is 18.8 Å². The summed E-state index contributed by atoms with van der Waals surface area (Å²) in [6, 6.07) is 10.2. The van der Waals surface area contributed by atoms with Gasteiger partial charge in [0.2, 0.25) is 16.9 Å². The van der Waals surface area contributed by atoms with Crippen molar-refractivity contribution in [3.05, 3.63) is 58.4 Å². The molecule has 3 N–H and O–H groups in total. The zero-order chi connectivity index (χ0) is 21.8. The number of carbonyl (C=O) groups excluding carboxylic acids is 1. The number of amides is 1. The summed E-state index contributed by atoms with van der Waals surface area (Å²) >= 11 is 1.05. The number of nitrogens with zero attached hydrogens (tertiary/aromatic N) is 4. The number of nitrogens with one attached hydrogen (secondary N) is 1. The van der Waals surface area contributed by atoms with Gasteiger partial charge in [-0.25, -0.2) is 4.68 Å². The molecule has 12 heteroatoms. The third-order valence-electron chi connectivity index (χ3n) is 4.07. The number of nitrogen functional groups attached to an aromatic ring is 1. The fourth-order valence-electron chi connectivity index (χ4n) is 2.48. The van der Waals surface area contributed by atoms with Crippen LogP contribution in [0.5, 0.6) is 5.75 Å². The summed E-state index contributed by atoms with van der Waals surface area (Å²) in [6.07, 6.45) is 0. The third-order valence-corrected chi connectivity index (χ3v) is 5.13. The van der Waals surface area contributed by atoms with E-state index in [1.165, 1.54) is 10.7 Å². The number of carbonyl (C=O) groups is 1. The van der Waals surface area contributed by atoms with Crippen LogP contribution in [0.25, 0.3) is 11.4 Å². The second-order valence-electron chi connectivity index (χ2n) is 6.08. The molecule has 0 spiro atoms. The number of methoxy groups -OCH3 is 1. The molecular weight excluding hydrogens is 415 g/mol. The number of rotatable bonds is 7. The zero-order valence-electron chi connectivity index (χ0n) is 15.9. The van der Waals surface area contributed by atoms with Gasteiger partial charge in [-0.05, 0) is 43.3 Å². The molecule has 0 saturated heterocycles. The lowest BCUT2D eigenvalue weighted by atomic mass is 10.2. The summed E-state index contributed by atoms with van der Waals surface area (Å²) < 4.78 is 19.8. The lowest BCUT2D eigenvalue weighted by Crippen LogP contribution is -2.23. The predicted molar refractivity (Wildman–Crippen MR) is 109 cm³/mol. The van der Waals surface area contributed by atoms with E-state index in [-0.39, 0.29) is 5.69 Å². The number of nitrogens with two attached hydrogens (primary N) is 1. The molecule has 0 saturated carbocycles. The topological polar surface area (TPSA) is 138 Å². The number of nitro benzene ring substituents is 1. The summed E-state index contributed by atoms with van der Waals surface area (Å²) in [5.74, 6) is 5.71. The normalized spacial score (nSPS) is 11.7. The predicted octanol–water partition coefficient (Wildman–Crippen LogP) is 2.83. The second kappa shape index (κ2) is 8.78. The van der Waals surface area contributed by atoms with Crippen LogP contribution in [-0.2, 0) is 4.79 Å². The maximum atomic E-state index is 13.4. The summed E-state index contributed by atoms with van der Waals surface area (Å²) in [7, 11) is 1.56. The van der Waals surface area contributed by atoms with E-state index >= 15 is 0 Å². The first kappa shape index (κ1) is 21.0. The molecule has 1 unspecified atom stereocenters. The minimum Gasteiger partial charge on any atom is -0.497 e. The Balaban J connectivity index is 1.70. The van der Waals surface area contributed by atoms with Gasteiger partial charge in [0.1, 0.15) is 5.75 Å². The largest absolute Gasteiger partial charge is 0.497 e. The van der Waals surface area contributed by atoms with Crippen LogP contribution < -0.4 is 15.9 Å². The molecule has 3 aromatic rings. The molecule has 0 radical (unpaired) electrons. The van der Waals surface area contributed by atoms with Gasteiger partial charge >= 0.3 is 5.69 Å². The Hall–Kier alpha value is -3.67. The SMILES string of the molecule is COc1ccc(-c2nnc(SC(C)C(=O)Nc3ccc(F)c([N+](=O)[O-])c3)n2N)cc1. The number of halogens is 1. The number of thioether (sulfide) groups is 1. The summed E-state index contributed by atoms with van der Waals surface area (Å²) in [6.45, 7) is 1.61. The standard InChI is InChI=1S/C18H17FN6O4S/c1-10(17(26)21-12-5-8-14(19)15(9-12)25(27)28)30-18-23-22-16(24(18)20)11-3-6-13(29-2)7-4-11/h3-10H,20H2,1-2H3,(H,21,26). The smallest absolute Gasteiger partial charge is 0.306 e. The number of nitro groups is 1. The van der Waals surface area contributed by atoms with Crippen LogP contribution in [0.1, 0.15) is 6.92 Å². The fourth-order valence-corrected chi connectivity index (χ4v) is 3.25. The molecule has 10 nitrogen and oxygen atoms in total. The number of benzene rings is 2. The first-order valence-corrected chi connectivity index (χ1v) is 9.44. The van der Waals surface area contributed by atoms with Crippen LogP contribution in [0.3, 0.4) is 0 Å². The number of anilines is 1. The van der Waals surface area contributed by atoms with E-state index in [4.69, 9.17) is 10.6 Å². The third kappa shape index (κ3) is 4.49. The Labute approximate surface area is 174 Å². The van der Waals surface area contributed by atoms with E-state index in [1.807, 2.05) is 0 Å². The molecule has 1 heterocycles. The van der Waals surface area contributed by atoms with Crippen LogP contribution in [0.2, 0.25) is 0 Å². The van der Waals surface area contributed by atoms with Crippen LogP contribution in [0, 0.1) is 15.9 Å². The van der Waals surface area contributed by atoms with E-state index < -0.39 is 27.6 Å². The summed E-state index contributed by atoms with van der Waals surface area (Å²) in [5, 5.41) is 21.1. The van der Waals surface area contributed by atoms with Gasteiger partial charge in [-0.1, -0.05) is 11.8 Å². The number of ether oxygens (including phenoxy) is 1. The van der Waals surface area contributed by atoms with Gasteiger partial charge in [-0.15, -0.1) is 10.2 Å². The Bertz CT molecular complexity index is 1090. The van der Waals surface area contributed by atoms with Gasteiger partial charge in [0.15, 0.2) is 5.82 Å². The first-order chi connectivity index (χ1) is 14.3. The highest BCUT2D eigenvalue weighted by Gasteiger charge is 2.21. The zero-order valence-corrected chi connectivity index (χ0v) is 16.7. The number of hydrogen-bond acceptors (Lipinski definition) is 8. The molecular formula is C18H17FN6O4S. The summed E-state index contributed by atoms with van der Waals surface area (Å²) in [5.41, 5.74) is 0.0982. The maximum absolute atomic E-state index is 13.4. The lowest BCUT2D eigenvalue weighted by Gasteiger charge is -2.11. The highest BCUT2D eigenvalue weighted by Crippen LogP contribution is 2.27. The van der Waals surface area contributed by atoms with Crippen molar-refractivity contribution in [1.29, 1.82) is 0 Å². The van der Waals surface area contributed by atoms with E-state index in [0.717, 1.165) is 23.9 Å². The van der Waals surface area contributed by atoms with Crippen molar-refractivity contribution in [3.8, 4) is 17.1 Å². The van der Waals surface area contributed by atoms with Crippen LogP contribution >= 0.6 is 11.8 Å². The molecule has 3 rings (SSSR count). The van der Waals surface area contributed by atoms with Gasteiger partial charge in [-0.2, -0.15) is 4.39 Å². The summed E-state index contributed by atoms with van der Waals surface area (Å²) in [4.78, 5) is 22.4. The fraction of sp³-hybridized carbons (Fsp3) is 0.167. The highest BCUT2D eigenvalue weighted by atomic mass is 32.2. The van der Waals surface area contributed by atoms with Crippen molar-refractivity contribution in [3.63, 3.8) is 0 Å². The van der Waals surface area contributed by atoms with E-state index in [2.05, 4.69) is 15.5 Å². The minimum atomic E-state index is -0.984. The molecule has 0 aliphatic heterocycles. The number of hydrogen-bond donors (Lipinski definition) is 2.